The zero-order valence-corrected chi connectivity index (χ0v) is 13.5. The molecule has 0 aromatic carbocycles. The number of rotatable bonds is 4. The molecule has 0 fully saturated rings. The summed E-state index contributed by atoms with van der Waals surface area (Å²) < 4.78 is 1.63. The minimum Gasteiger partial charge on any atom is -0.476 e. The van der Waals surface area contributed by atoms with E-state index in [9.17, 15) is 14.7 Å². The number of imidazole rings is 1. The summed E-state index contributed by atoms with van der Waals surface area (Å²) in [4.78, 5) is 31.6. The van der Waals surface area contributed by atoms with Gasteiger partial charge in [0.15, 0.2) is 17.2 Å². The van der Waals surface area contributed by atoms with Crippen molar-refractivity contribution >= 4 is 17.6 Å². The first kappa shape index (κ1) is 16.8. The van der Waals surface area contributed by atoms with Crippen molar-refractivity contribution in [2.45, 2.75) is 6.92 Å². The van der Waals surface area contributed by atoms with Crippen LogP contribution in [0.3, 0.4) is 0 Å². The van der Waals surface area contributed by atoms with Crippen molar-refractivity contribution in [3.8, 4) is 18.2 Å². The van der Waals surface area contributed by atoms with Crippen molar-refractivity contribution in [1.29, 1.82) is 0 Å². The number of aryl methyl sites for hydroxylation is 1. The van der Waals surface area contributed by atoms with Gasteiger partial charge >= 0.3 is 5.97 Å². The van der Waals surface area contributed by atoms with Gasteiger partial charge in [0, 0.05) is 18.0 Å². The number of terminal acetylenes is 1. The van der Waals surface area contributed by atoms with Crippen LogP contribution < -0.4 is 5.32 Å². The van der Waals surface area contributed by atoms with Gasteiger partial charge in [-0.15, -0.1) is 16.6 Å². The van der Waals surface area contributed by atoms with Gasteiger partial charge in [0.1, 0.15) is 6.33 Å². The molecule has 9 nitrogen and oxygen atoms in total. The van der Waals surface area contributed by atoms with Crippen LogP contribution >= 0.6 is 0 Å². The van der Waals surface area contributed by atoms with Crippen molar-refractivity contribution in [2.75, 3.05) is 5.32 Å². The normalized spacial score (nSPS) is 10.2. The van der Waals surface area contributed by atoms with Gasteiger partial charge in [-0.3, -0.25) is 9.36 Å². The lowest BCUT2D eigenvalue weighted by Crippen LogP contribution is -2.18. The van der Waals surface area contributed by atoms with Gasteiger partial charge in [0.2, 0.25) is 0 Å². The number of nitrogens with zero attached hydrogens (tertiary/aromatic N) is 5. The van der Waals surface area contributed by atoms with Crippen molar-refractivity contribution in [2.24, 2.45) is 0 Å². The Morgan fingerprint density at radius 1 is 1.31 bits per heavy atom. The quantitative estimate of drug-likeness (QED) is 0.681. The van der Waals surface area contributed by atoms with Crippen molar-refractivity contribution in [1.82, 2.24) is 24.7 Å². The van der Waals surface area contributed by atoms with Crippen LogP contribution in [0.25, 0.3) is 5.82 Å². The molecular weight excluding hydrogens is 336 g/mol. The van der Waals surface area contributed by atoms with E-state index in [0.717, 1.165) is 0 Å². The molecule has 0 spiro atoms. The standard InChI is InChI=1S/C17H12N6O3/c1-3-11-8-13(15(17(25)26)19-10(11)2)20-16(24)12-4-5-14(22-21-12)23-7-6-18-9-23/h1,4-9H,2H3,(H,20,24)(H,25,26). The fraction of sp³-hybridized carbons (Fsp3) is 0.0588. The first-order valence-electron chi connectivity index (χ1n) is 7.34. The molecule has 0 atom stereocenters. The second kappa shape index (κ2) is 6.82. The van der Waals surface area contributed by atoms with Crippen LogP contribution in [0.4, 0.5) is 5.69 Å². The zero-order valence-electron chi connectivity index (χ0n) is 13.5. The molecule has 0 saturated carbocycles. The number of hydrogen-bond acceptors (Lipinski definition) is 6. The minimum atomic E-state index is -1.28. The highest BCUT2D eigenvalue weighted by Crippen LogP contribution is 2.19. The monoisotopic (exact) mass is 348 g/mol. The van der Waals surface area contributed by atoms with Gasteiger partial charge < -0.3 is 10.4 Å². The summed E-state index contributed by atoms with van der Waals surface area (Å²) in [5, 5.41) is 19.5. The Hall–Kier alpha value is -4.06. The lowest BCUT2D eigenvalue weighted by Gasteiger charge is -2.10. The van der Waals surface area contributed by atoms with E-state index in [2.05, 4.69) is 31.4 Å². The molecule has 1 amide bonds. The van der Waals surface area contributed by atoms with E-state index < -0.39 is 11.9 Å². The molecule has 0 saturated heterocycles. The first-order valence-corrected chi connectivity index (χ1v) is 7.34. The summed E-state index contributed by atoms with van der Waals surface area (Å²) in [7, 11) is 0. The third-order valence-corrected chi connectivity index (χ3v) is 3.47. The number of pyridine rings is 1. The highest BCUT2D eigenvalue weighted by molar-refractivity contribution is 6.06. The Morgan fingerprint density at radius 2 is 2.12 bits per heavy atom. The number of aromatic carboxylic acids is 1. The molecule has 9 heteroatoms. The fourth-order valence-corrected chi connectivity index (χ4v) is 2.17. The van der Waals surface area contributed by atoms with Crippen LogP contribution in [-0.4, -0.2) is 41.7 Å². The SMILES string of the molecule is C#Cc1cc(NC(=O)c2ccc(-n3ccnc3)nn2)c(C(=O)O)nc1C. The van der Waals surface area contributed by atoms with Crippen LogP contribution in [0.1, 0.15) is 32.2 Å². The summed E-state index contributed by atoms with van der Waals surface area (Å²) in [6, 6.07) is 4.43. The summed E-state index contributed by atoms with van der Waals surface area (Å²) >= 11 is 0. The van der Waals surface area contributed by atoms with E-state index in [0.29, 0.717) is 17.1 Å². The number of carbonyl (C=O) groups is 2. The van der Waals surface area contributed by atoms with Gasteiger partial charge in [0.05, 0.1) is 11.4 Å². The molecule has 3 aromatic heterocycles. The number of anilines is 1. The predicted octanol–water partition coefficient (Wildman–Crippen LogP) is 1.30. The minimum absolute atomic E-state index is 0.00744. The number of hydrogen-bond donors (Lipinski definition) is 2. The van der Waals surface area contributed by atoms with E-state index in [-0.39, 0.29) is 17.1 Å². The molecule has 0 aliphatic heterocycles. The van der Waals surface area contributed by atoms with Crippen LogP contribution in [-0.2, 0) is 0 Å². The molecule has 3 rings (SSSR count). The third-order valence-electron chi connectivity index (χ3n) is 3.47. The van der Waals surface area contributed by atoms with Crippen LogP contribution in [0.15, 0.2) is 36.9 Å². The number of nitrogens with one attached hydrogen (secondary N) is 1. The number of carboxylic acid groups (broad SMARTS) is 1. The zero-order chi connectivity index (χ0) is 18.7. The van der Waals surface area contributed by atoms with E-state index in [4.69, 9.17) is 6.42 Å². The average Bonchev–Trinajstić information content (AvgIpc) is 3.17. The predicted molar refractivity (Wildman–Crippen MR) is 91.0 cm³/mol. The van der Waals surface area contributed by atoms with Crippen molar-refractivity contribution in [3.05, 3.63) is 59.6 Å². The van der Waals surface area contributed by atoms with E-state index in [1.807, 2.05) is 0 Å². The Labute approximate surface area is 147 Å². The Kier molecular flexibility index (Phi) is 4.40. The molecule has 0 unspecified atom stereocenters. The molecule has 26 heavy (non-hydrogen) atoms. The smallest absolute Gasteiger partial charge is 0.356 e. The molecule has 2 N–H and O–H groups in total. The maximum atomic E-state index is 12.4. The summed E-state index contributed by atoms with van der Waals surface area (Å²) in [6.45, 7) is 1.59. The average molecular weight is 348 g/mol. The number of carbonyl (C=O) groups excluding carboxylic acids is 1. The largest absolute Gasteiger partial charge is 0.476 e. The molecule has 0 bridgehead atoms. The maximum absolute atomic E-state index is 12.4. The lowest BCUT2D eigenvalue weighted by molar-refractivity contribution is 0.0691. The van der Waals surface area contributed by atoms with E-state index in [1.165, 1.54) is 12.1 Å². The van der Waals surface area contributed by atoms with Crippen molar-refractivity contribution in [3.63, 3.8) is 0 Å². The summed E-state index contributed by atoms with van der Waals surface area (Å²) in [6.07, 6.45) is 10.2. The second-order valence-electron chi connectivity index (χ2n) is 5.17. The Bertz CT molecular complexity index is 1020. The van der Waals surface area contributed by atoms with Crippen LogP contribution in [0.2, 0.25) is 0 Å². The van der Waals surface area contributed by atoms with Crippen molar-refractivity contribution < 1.29 is 14.7 Å². The number of aromatic nitrogens is 5. The Morgan fingerprint density at radius 3 is 2.69 bits per heavy atom. The summed E-state index contributed by atoms with van der Waals surface area (Å²) in [5.74, 6) is 0.960. The van der Waals surface area contributed by atoms with Gasteiger partial charge in [-0.1, -0.05) is 5.92 Å². The van der Waals surface area contributed by atoms with Gasteiger partial charge in [-0.05, 0) is 25.1 Å². The number of carboxylic acids is 1. The fourth-order valence-electron chi connectivity index (χ4n) is 2.17. The Balaban J connectivity index is 1.88. The molecule has 0 aliphatic rings. The first-order chi connectivity index (χ1) is 12.5. The topological polar surface area (TPSA) is 123 Å². The molecule has 128 valence electrons. The van der Waals surface area contributed by atoms with Gasteiger partial charge in [-0.2, -0.15) is 0 Å². The highest BCUT2D eigenvalue weighted by Gasteiger charge is 2.18. The number of amides is 1. The van der Waals surface area contributed by atoms with Gasteiger partial charge in [0.25, 0.3) is 5.91 Å². The lowest BCUT2D eigenvalue weighted by atomic mass is 10.1. The van der Waals surface area contributed by atoms with Crippen LogP contribution in [0.5, 0.6) is 0 Å². The highest BCUT2D eigenvalue weighted by atomic mass is 16.4. The third kappa shape index (κ3) is 3.25. The maximum Gasteiger partial charge on any atom is 0.356 e. The van der Waals surface area contributed by atoms with Gasteiger partial charge in [-0.25, -0.2) is 14.8 Å². The molecule has 0 aliphatic carbocycles. The molecule has 3 aromatic rings. The summed E-state index contributed by atoms with van der Waals surface area (Å²) in [5.41, 5.74) is 0.451. The van der Waals surface area contributed by atoms with E-state index >= 15 is 0 Å². The van der Waals surface area contributed by atoms with Crippen LogP contribution in [0, 0.1) is 19.3 Å². The molecule has 3 heterocycles. The second-order valence-corrected chi connectivity index (χ2v) is 5.17. The van der Waals surface area contributed by atoms with E-state index in [1.54, 1.807) is 36.3 Å². The molecular formula is C17H12N6O3. The molecule has 0 radical (unpaired) electrons.